The number of aryl methyl sites for hydroxylation is 1. The summed E-state index contributed by atoms with van der Waals surface area (Å²) in [6.07, 6.45) is 1.61. The lowest BCUT2D eigenvalue weighted by atomic mass is 10.1. The van der Waals surface area contributed by atoms with Gasteiger partial charge in [0.05, 0.1) is 17.6 Å². The van der Waals surface area contributed by atoms with Crippen molar-refractivity contribution in [1.82, 2.24) is 14.5 Å². The topological polar surface area (TPSA) is 73.1 Å². The van der Waals surface area contributed by atoms with Gasteiger partial charge in [0.15, 0.2) is 0 Å². The van der Waals surface area contributed by atoms with E-state index in [2.05, 4.69) is 17.4 Å². The highest BCUT2D eigenvalue weighted by Crippen LogP contribution is 2.14. The average Bonchev–Trinajstić information content (AvgIpc) is 2.85. The number of aromatic nitrogens is 2. The molecule has 0 saturated carbocycles. The Morgan fingerprint density at radius 1 is 0.824 bits per heavy atom. The van der Waals surface area contributed by atoms with E-state index in [0.29, 0.717) is 16.1 Å². The lowest BCUT2D eigenvalue weighted by Crippen LogP contribution is -2.45. The molecule has 1 atom stereocenters. The van der Waals surface area contributed by atoms with Gasteiger partial charge >= 0.3 is 11.1 Å². The maximum Gasteiger partial charge on any atom is 0.317 e. The van der Waals surface area contributed by atoms with E-state index in [1.807, 2.05) is 37.3 Å². The molecular weight excluding hydrogens is 450 g/mol. The van der Waals surface area contributed by atoms with Crippen LogP contribution < -0.4 is 16.4 Å². The van der Waals surface area contributed by atoms with Crippen molar-refractivity contribution in [3.05, 3.63) is 116 Å². The van der Waals surface area contributed by atoms with Gasteiger partial charge in [-0.2, -0.15) is 0 Å². The third-order valence-corrected chi connectivity index (χ3v) is 6.06. The second-order valence-corrected chi connectivity index (χ2v) is 8.83. The van der Waals surface area contributed by atoms with Crippen molar-refractivity contribution < 1.29 is 4.79 Å². The van der Waals surface area contributed by atoms with Crippen molar-refractivity contribution in [2.75, 3.05) is 0 Å². The molecule has 0 aliphatic heterocycles. The first kappa shape index (κ1) is 23.5. The van der Waals surface area contributed by atoms with E-state index in [1.54, 1.807) is 36.4 Å². The third-order valence-electron chi connectivity index (χ3n) is 5.81. The number of fused-ring (bicyclic) bond motifs is 1. The second-order valence-electron chi connectivity index (χ2n) is 8.39. The van der Waals surface area contributed by atoms with E-state index in [1.165, 1.54) is 14.7 Å². The number of para-hydroxylation sites is 2. The maximum absolute atomic E-state index is 13.0. The minimum Gasteiger partial charge on any atom is -0.352 e. The third kappa shape index (κ3) is 5.46. The average molecular weight is 476 g/mol. The summed E-state index contributed by atoms with van der Waals surface area (Å²) in [4.78, 5) is 38.8. The highest BCUT2D eigenvalue weighted by atomic mass is 35.5. The van der Waals surface area contributed by atoms with Crippen LogP contribution in [0.1, 0.15) is 24.5 Å². The van der Waals surface area contributed by atoms with Crippen molar-refractivity contribution in [3.8, 4) is 0 Å². The zero-order chi connectivity index (χ0) is 24.1. The first-order valence-electron chi connectivity index (χ1n) is 11.2. The Kier molecular flexibility index (Phi) is 7.28. The number of hydrogen-bond acceptors (Lipinski definition) is 3. The molecule has 1 N–H and O–H groups in total. The van der Waals surface area contributed by atoms with E-state index in [9.17, 15) is 14.4 Å². The predicted octanol–water partition coefficient (Wildman–Crippen LogP) is 4.00. The van der Waals surface area contributed by atoms with Crippen molar-refractivity contribution >= 4 is 28.5 Å². The number of halogens is 1. The van der Waals surface area contributed by atoms with Crippen molar-refractivity contribution in [1.29, 1.82) is 0 Å². The van der Waals surface area contributed by atoms with Crippen molar-refractivity contribution in [3.63, 3.8) is 0 Å². The first-order valence-corrected chi connectivity index (χ1v) is 11.6. The first-order chi connectivity index (χ1) is 16.4. The summed E-state index contributed by atoms with van der Waals surface area (Å²) >= 11 is 5.96. The largest absolute Gasteiger partial charge is 0.352 e. The zero-order valence-electron chi connectivity index (χ0n) is 18.9. The molecule has 0 fully saturated rings. The zero-order valence-corrected chi connectivity index (χ0v) is 19.7. The summed E-state index contributed by atoms with van der Waals surface area (Å²) in [7, 11) is 0. The molecule has 0 aliphatic carbocycles. The standard InChI is InChI=1S/C27H26ClN3O3/c1-19(11-12-20-7-3-2-4-8-20)29-25(32)18-31-24-10-6-5-9-23(24)30(26(33)27(31)34)17-21-13-15-22(28)16-14-21/h2-10,13-16,19H,11-12,17-18H2,1H3,(H,29,32)/t19-/m0/s1. The Labute approximate surface area is 202 Å². The Balaban J connectivity index is 1.55. The van der Waals surface area contributed by atoms with Crippen LogP contribution >= 0.6 is 11.6 Å². The molecule has 6 nitrogen and oxygen atoms in total. The van der Waals surface area contributed by atoms with Crippen LogP contribution in [0.2, 0.25) is 5.02 Å². The van der Waals surface area contributed by atoms with Gasteiger partial charge in [-0.05, 0) is 55.2 Å². The molecule has 7 heteroatoms. The Morgan fingerprint density at radius 2 is 1.41 bits per heavy atom. The minimum atomic E-state index is -0.722. The van der Waals surface area contributed by atoms with Crippen LogP contribution in [0.5, 0.6) is 0 Å². The smallest absolute Gasteiger partial charge is 0.317 e. The van der Waals surface area contributed by atoms with Gasteiger partial charge in [0.1, 0.15) is 6.54 Å². The Morgan fingerprint density at radius 3 is 2.09 bits per heavy atom. The number of nitrogens with zero attached hydrogens (tertiary/aromatic N) is 2. The van der Waals surface area contributed by atoms with Crippen LogP contribution in [-0.2, 0) is 24.3 Å². The van der Waals surface area contributed by atoms with Gasteiger partial charge in [-0.25, -0.2) is 0 Å². The fraction of sp³-hybridized carbons (Fsp3) is 0.222. The molecule has 1 amide bonds. The van der Waals surface area contributed by atoms with Crippen LogP contribution in [0, 0.1) is 0 Å². The number of carbonyl (C=O) groups excluding carboxylic acids is 1. The SMILES string of the molecule is C[C@@H](CCc1ccccc1)NC(=O)Cn1c(=O)c(=O)n(Cc2ccc(Cl)cc2)c2ccccc21. The van der Waals surface area contributed by atoms with E-state index in [-0.39, 0.29) is 25.0 Å². The highest BCUT2D eigenvalue weighted by molar-refractivity contribution is 6.30. The number of nitrogens with one attached hydrogen (secondary N) is 1. The van der Waals surface area contributed by atoms with Crippen LogP contribution in [0.3, 0.4) is 0 Å². The molecule has 1 heterocycles. The highest BCUT2D eigenvalue weighted by Gasteiger charge is 2.16. The van der Waals surface area contributed by atoms with Gasteiger partial charge < -0.3 is 5.32 Å². The Hall–Kier alpha value is -3.64. The molecule has 174 valence electrons. The quantitative estimate of drug-likeness (QED) is 0.391. The summed E-state index contributed by atoms with van der Waals surface area (Å²) in [5, 5.41) is 3.55. The molecule has 0 radical (unpaired) electrons. The summed E-state index contributed by atoms with van der Waals surface area (Å²) in [6, 6.07) is 24.2. The van der Waals surface area contributed by atoms with Crippen LogP contribution in [0.4, 0.5) is 0 Å². The van der Waals surface area contributed by atoms with E-state index in [0.717, 1.165) is 18.4 Å². The van der Waals surface area contributed by atoms with Crippen molar-refractivity contribution in [2.45, 2.75) is 38.9 Å². The molecular formula is C27H26ClN3O3. The summed E-state index contributed by atoms with van der Waals surface area (Å²) in [5.41, 5.74) is 1.78. The molecule has 1 aromatic heterocycles. The molecule has 0 unspecified atom stereocenters. The fourth-order valence-corrected chi connectivity index (χ4v) is 4.15. The van der Waals surface area contributed by atoms with Gasteiger partial charge in [0.25, 0.3) is 0 Å². The molecule has 4 rings (SSSR count). The molecule has 4 aromatic rings. The number of rotatable bonds is 8. The maximum atomic E-state index is 13.0. The predicted molar refractivity (Wildman–Crippen MR) is 135 cm³/mol. The number of carbonyl (C=O) groups is 1. The van der Waals surface area contributed by atoms with Gasteiger partial charge in [-0.1, -0.05) is 66.2 Å². The lowest BCUT2D eigenvalue weighted by molar-refractivity contribution is -0.122. The van der Waals surface area contributed by atoms with Gasteiger partial charge in [-0.3, -0.25) is 23.5 Å². The van der Waals surface area contributed by atoms with Crippen LogP contribution in [0.15, 0.2) is 88.5 Å². The van der Waals surface area contributed by atoms with Gasteiger partial charge in [0.2, 0.25) is 5.91 Å². The molecule has 3 aromatic carbocycles. The molecule has 0 spiro atoms. The summed E-state index contributed by atoms with van der Waals surface area (Å²) < 4.78 is 2.70. The molecule has 0 bridgehead atoms. The molecule has 34 heavy (non-hydrogen) atoms. The monoisotopic (exact) mass is 475 g/mol. The van der Waals surface area contributed by atoms with E-state index in [4.69, 9.17) is 11.6 Å². The summed E-state index contributed by atoms with van der Waals surface area (Å²) in [5.74, 6) is -0.303. The lowest BCUT2D eigenvalue weighted by Gasteiger charge is -2.17. The number of benzene rings is 3. The van der Waals surface area contributed by atoms with Crippen LogP contribution in [-0.4, -0.2) is 21.1 Å². The Bertz CT molecular complexity index is 1410. The summed E-state index contributed by atoms with van der Waals surface area (Å²) in [6.45, 7) is 1.95. The van der Waals surface area contributed by atoms with Crippen molar-refractivity contribution in [2.24, 2.45) is 0 Å². The van der Waals surface area contributed by atoms with E-state index < -0.39 is 11.1 Å². The minimum absolute atomic E-state index is 0.0695. The number of amides is 1. The number of hydrogen-bond donors (Lipinski definition) is 1. The molecule has 0 aliphatic rings. The second kappa shape index (κ2) is 10.5. The van der Waals surface area contributed by atoms with Gasteiger partial charge in [0, 0.05) is 11.1 Å². The van der Waals surface area contributed by atoms with Gasteiger partial charge in [-0.15, -0.1) is 0 Å². The fourth-order valence-electron chi connectivity index (χ4n) is 4.02. The van der Waals surface area contributed by atoms with Crippen LogP contribution in [0.25, 0.3) is 11.0 Å². The molecule has 0 saturated heterocycles. The van der Waals surface area contributed by atoms with E-state index >= 15 is 0 Å². The normalized spacial score (nSPS) is 11.9.